The van der Waals surface area contributed by atoms with Crippen molar-refractivity contribution in [1.82, 2.24) is 0 Å². The van der Waals surface area contributed by atoms with Crippen LogP contribution in [-0.4, -0.2) is 0 Å². The van der Waals surface area contributed by atoms with E-state index >= 15 is 0 Å². The zero-order valence-electron chi connectivity index (χ0n) is 10.1. The van der Waals surface area contributed by atoms with Crippen molar-refractivity contribution in [3.63, 3.8) is 0 Å². The van der Waals surface area contributed by atoms with Crippen molar-refractivity contribution in [2.24, 2.45) is 5.92 Å². The second-order valence-corrected chi connectivity index (χ2v) is 4.00. The van der Waals surface area contributed by atoms with Crippen molar-refractivity contribution in [3.8, 4) is 0 Å². The van der Waals surface area contributed by atoms with E-state index in [2.05, 4.69) is 20.8 Å². The van der Waals surface area contributed by atoms with Gasteiger partial charge in [-0.3, -0.25) is 0 Å². The molecule has 0 nitrogen and oxygen atoms in total. The highest BCUT2D eigenvalue weighted by Gasteiger charge is 2.09. The summed E-state index contributed by atoms with van der Waals surface area (Å²) in [5.41, 5.74) is 3.41. The average molecular weight is 182 g/mol. The van der Waals surface area contributed by atoms with Crippen molar-refractivity contribution in [2.45, 2.75) is 66.7 Å². The van der Waals surface area contributed by atoms with E-state index in [1.807, 2.05) is 13.8 Å². The molecule has 1 saturated carbocycles. The summed E-state index contributed by atoms with van der Waals surface area (Å²) in [6.07, 6.45) is 7.07. The number of rotatable bonds is 1. The summed E-state index contributed by atoms with van der Waals surface area (Å²) in [5.74, 6) is 0.767. The monoisotopic (exact) mass is 182 g/mol. The van der Waals surface area contributed by atoms with Crippen LogP contribution in [0, 0.1) is 5.92 Å². The van der Waals surface area contributed by atoms with E-state index in [0.29, 0.717) is 0 Å². The summed E-state index contributed by atoms with van der Waals surface area (Å²) in [4.78, 5) is 0. The molecule has 13 heavy (non-hydrogen) atoms. The lowest BCUT2D eigenvalue weighted by Gasteiger charge is -2.19. The minimum Gasteiger partial charge on any atom is -0.0716 e. The molecule has 0 atom stereocenters. The lowest BCUT2D eigenvalue weighted by molar-refractivity contribution is 0.579. The van der Waals surface area contributed by atoms with Crippen molar-refractivity contribution in [2.75, 3.05) is 0 Å². The molecule has 0 heteroatoms. The van der Waals surface area contributed by atoms with Gasteiger partial charge in [0.15, 0.2) is 0 Å². The first-order valence-corrected chi connectivity index (χ1v) is 5.90. The zero-order chi connectivity index (χ0) is 10.3. The second-order valence-electron chi connectivity index (χ2n) is 4.00. The van der Waals surface area contributed by atoms with Gasteiger partial charge >= 0.3 is 0 Å². The average Bonchev–Trinajstić information content (AvgIpc) is 2.21. The van der Waals surface area contributed by atoms with Gasteiger partial charge in [0.1, 0.15) is 0 Å². The van der Waals surface area contributed by atoms with E-state index in [9.17, 15) is 0 Å². The second kappa shape index (κ2) is 7.17. The molecule has 0 heterocycles. The molecule has 78 valence electrons. The fourth-order valence-electron chi connectivity index (χ4n) is 1.78. The Morgan fingerprint density at radius 3 is 1.85 bits per heavy atom. The van der Waals surface area contributed by atoms with Gasteiger partial charge in [0.05, 0.1) is 0 Å². The smallest absolute Gasteiger partial charge is 0.0260 e. The Hall–Kier alpha value is -0.260. The van der Waals surface area contributed by atoms with E-state index in [-0.39, 0.29) is 0 Å². The van der Waals surface area contributed by atoms with E-state index < -0.39 is 0 Å². The van der Waals surface area contributed by atoms with Gasteiger partial charge in [0.2, 0.25) is 0 Å². The molecule has 0 saturated heterocycles. The van der Waals surface area contributed by atoms with Crippen molar-refractivity contribution >= 4 is 0 Å². The van der Waals surface area contributed by atoms with Crippen LogP contribution in [0.4, 0.5) is 0 Å². The van der Waals surface area contributed by atoms with Gasteiger partial charge in [-0.25, -0.2) is 0 Å². The summed E-state index contributed by atoms with van der Waals surface area (Å²) in [6.45, 7) is 10.9. The highest BCUT2D eigenvalue weighted by Crippen LogP contribution is 2.28. The quantitative estimate of drug-likeness (QED) is 0.503. The van der Waals surface area contributed by atoms with E-state index in [1.165, 1.54) is 32.1 Å². The summed E-state index contributed by atoms with van der Waals surface area (Å²) in [6, 6.07) is 0. The molecule has 0 aromatic rings. The standard InChI is InChI=1S/C11H20.C2H6/c1-9(2)10(3)11-7-5-4-6-8-11;1-2/h9H,4-8H2,1-3H3;1-2H3. The van der Waals surface area contributed by atoms with E-state index in [1.54, 1.807) is 11.1 Å². The Balaban J connectivity index is 0.000000671. The molecule has 0 spiro atoms. The predicted octanol–water partition coefficient (Wildman–Crippen LogP) is 4.95. The fraction of sp³-hybridized carbons (Fsp3) is 0.846. The van der Waals surface area contributed by atoms with Crippen LogP contribution >= 0.6 is 0 Å². The molecule has 1 fully saturated rings. The third-order valence-electron chi connectivity index (χ3n) is 2.88. The molecule has 1 aliphatic carbocycles. The SMILES string of the molecule is CC.CC(=C1CCCCC1)C(C)C. The van der Waals surface area contributed by atoms with Gasteiger partial charge in [0.25, 0.3) is 0 Å². The van der Waals surface area contributed by atoms with Crippen molar-refractivity contribution in [1.29, 1.82) is 0 Å². The van der Waals surface area contributed by atoms with Gasteiger partial charge in [-0.2, -0.15) is 0 Å². The molecule has 0 aromatic heterocycles. The summed E-state index contributed by atoms with van der Waals surface area (Å²) in [5, 5.41) is 0. The van der Waals surface area contributed by atoms with Crippen LogP contribution in [0.2, 0.25) is 0 Å². The molecule has 0 bridgehead atoms. The topological polar surface area (TPSA) is 0 Å². The Morgan fingerprint density at radius 2 is 1.46 bits per heavy atom. The first-order chi connectivity index (χ1) is 6.22. The van der Waals surface area contributed by atoms with Crippen LogP contribution in [0.25, 0.3) is 0 Å². The lowest BCUT2D eigenvalue weighted by atomic mass is 9.88. The first kappa shape index (κ1) is 12.7. The molecule has 0 N–H and O–H groups in total. The van der Waals surface area contributed by atoms with Crippen LogP contribution in [0.15, 0.2) is 11.1 Å². The maximum atomic E-state index is 2.31. The molecule has 0 radical (unpaired) electrons. The molecular formula is C13H26. The van der Waals surface area contributed by atoms with Crippen molar-refractivity contribution in [3.05, 3.63) is 11.1 Å². The van der Waals surface area contributed by atoms with Crippen LogP contribution < -0.4 is 0 Å². The van der Waals surface area contributed by atoms with Crippen LogP contribution in [-0.2, 0) is 0 Å². The zero-order valence-corrected chi connectivity index (χ0v) is 10.1. The Kier molecular flexibility index (Phi) is 7.03. The predicted molar refractivity (Wildman–Crippen MR) is 62.0 cm³/mol. The normalized spacial score (nSPS) is 16.6. The summed E-state index contributed by atoms with van der Waals surface area (Å²) < 4.78 is 0. The minimum absolute atomic E-state index is 0.767. The molecule has 0 amide bonds. The van der Waals surface area contributed by atoms with Gasteiger partial charge in [-0.05, 0) is 38.5 Å². The number of allylic oxidation sites excluding steroid dienone is 2. The van der Waals surface area contributed by atoms with E-state index in [0.717, 1.165) is 5.92 Å². The van der Waals surface area contributed by atoms with Crippen LogP contribution in [0.5, 0.6) is 0 Å². The maximum Gasteiger partial charge on any atom is -0.0260 e. The van der Waals surface area contributed by atoms with Crippen LogP contribution in [0.3, 0.4) is 0 Å². The number of hydrogen-bond acceptors (Lipinski definition) is 0. The molecule has 0 unspecified atom stereocenters. The van der Waals surface area contributed by atoms with Gasteiger partial charge in [-0.1, -0.05) is 45.3 Å². The number of hydrogen-bond donors (Lipinski definition) is 0. The third-order valence-corrected chi connectivity index (χ3v) is 2.88. The summed E-state index contributed by atoms with van der Waals surface area (Å²) in [7, 11) is 0. The Morgan fingerprint density at radius 1 is 1.00 bits per heavy atom. The maximum absolute atomic E-state index is 2.31. The largest absolute Gasteiger partial charge is 0.0716 e. The van der Waals surface area contributed by atoms with Crippen molar-refractivity contribution < 1.29 is 0 Å². The highest BCUT2D eigenvalue weighted by molar-refractivity contribution is 5.15. The van der Waals surface area contributed by atoms with Gasteiger partial charge in [0, 0.05) is 0 Å². The molecule has 0 aromatic carbocycles. The molecule has 1 aliphatic rings. The fourth-order valence-corrected chi connectivity index (χ4v) is 1.78. The summed E-state index contributed by atoms with van der Waals surface area (Å²) >= 11 is 0. The highest BCUT2D eigenvalue weighted by atomic mass is 14.2. The molecular weight excluding hydrogens is 156 g/mol. The van der Waals surface area contributed by atoms with Gasteiger partial charge < -0.3 is 0 Å². The Bertz CT molecular complexity index is 143. The third kappa shape index (κ3) is 4.50. The minimum atomic E-state index is 0.767. The molecule has 1 rings (SSSR count). The van der Waals surface area contributed by atoms with Gasteiger partial charge in [-0.15, -0.1) is 0 Å². The van der Waals surface area contributed by atoms with Crippen LogP contribution in [0.1, 0.15) is 66.7 Å². The lowest BCUT2D eigenvalue weighted by Crippen LogP contribution is -2.00. The first-order valence-electron chi connectivity index (χ1n) is 5.90. The Labute approximate surface area is 84.4 Å². The molecule has 0 aliphatic heterocycles. The van der Waals surface area contributed by atoms with E-state index in [4.69, 9.17) is 0 Å².